The molecule has 0 aromatic heterocycles. The maximum Gasteiger partial charge on any atom is 0.252 e. The lowest BCUT2D eigenvalue weighted by Gasteiger charge is -2.12. The van der Waals surface area contributed by atoms with Crippen LogP contribution < -0.4 is 5.32 Å². The second kappa shape index (κ2) is 5.95. The van der Waals surface area contributed by atoms with E-state index in [2.05, 4.69) is 29.9 Å². The lowest BCUT2D eigenvalue weighted by Crippen LogP contribution is -2.30. The molecular weight excluding hydrogens is 268 g/mol. The predicted octanol–water partition coefficient (Wildman–Crippen LogP) is 2.31. The Hall–Kier alpha value is -0.710. The first-order valence-corrected chi connectivity index (χ1v) is 6.84. The maximum absolute atomic E-state index is 12.0. The van der Waals surface area contributed by atoms with E-state index < -0.39 is 0 Å². The highest BCUT2D eigenvalue weighted by atomic mass is 35.5. The van der Waals surface area contributed by atoms with Crippen molar-refractivity contribution in [3.8, 4) is 0 Å². The van der Waals surface area contributed by atoms with Crippen molar-refractivity contribution >= 4 is 30.1 Å². The van der Waals surface area contributed by atoms with Crippen LogP contribution >= 0.6 is 24.2 Å². The monoisotopic (exact) mass is 284 g/mol. The van der Waals surface area contributed by atoms with E-state index in [1.165, 1.54) is 0 Å². The van der Waals surface area contributed by atoms with Crippen LogP contribution in [0.2, 0.25) is 5.02 Å². The second-order valence-electron chi connectivity index (χ2n) is 4.79. The number of carbonyl (C=O) groups is 1. The summed E-state index contributed by atoms with van der Waals surface area (Å²) in [5.41, 5.74) is 0.496. The average Bonchev–Trinajstić information content (AvgIpc) is 2.75. The fourth-order valence-electron chi connectivity index (χ4n) is 2.21. The molecule has 1 saturated heterocycles. The van der Waals surface area contributed by atoms with E-state index in [0.717, 1.165) is 24.4 Å². The van der Waals surface area contributed by atoms with E-state index in [-0.39, 0.29) is 5.91 Å². The van der Waals surface area contributed by atoms with Crippen molar-refractivity contribution in [1.82, 2.24) is 10.2 Å². The molecule has 1 heterocycles. The number of carbonyl (C=O) groups excluding carboxylic acids is 1. The summed E-state index contributed by atoms with van der Waals surface area (Å²) in [6.07, 6.45) is 1.14. The van der Waals surface area contributed by atoms with Crippen molar-refractivity contribution in [2.45, 2.75) is 11.3 Å². The lowest BCUT2D eigenvalue weighted by atomic mass is 10.1. The maximum atomic E-state index is 12.0. The minimum Gasteiger partial charge on any atom is -0.352 e. The molecule has 1 amide bonds. The van der Waals surface area contributed by atoms with Gasteiger partial charge in [-0.05, 0) is 44.1 Å². The molecule has 98 valence electrons. The molecule has 1 aromatic carbocycles. The van der Waals surface area contributed by atoms with Gasteiger partial charge in [-0.1, -0.05) is 11.6 Å². The molecule has 0 saturated carbocycles. The molecule has 5 heteroatoms. The lowest BCUT2D eigenvalue weighted by molar-refractivity contribution is 0.0947. The van der Waals surface area contributed by atoms with Gasteiger partial charge in [0.2, 0.25) is 0 Å². The SMILES string of the molecule is CN1CCC(CNC(=O)c2cc(S)ccc2Cl)C1. The minimum absolute atomic E-state index is 0.120. The molecule has 1 unspecified atom stereocenters. The van der Waals surface area contributed by atoms with Crippen molar-refractivity contribution < 1.29 is 4.79 Å². The number of benzene rings is 1. The van der Waals surface area contributed by atoms with Gasteiger partial charge in [0.25, 0.3) is 5.91 Å². The van der Waals surface area contributed by atoms with Crippen molar-refractivity contribution in [3.63, 3.8) is 0 Å². The number of hydrogen-bond donors (Lipinski definition) is 2. The topological polar surface area (TPSA) is 32.3 Å². The van der Waals surface area contributed by atoms with Crippen LogP contribution in [0, 0.1) is 5.92 Å². The highest BCUT2D eigenvalue weighted by Gasteiger charge is 2.20. The molecule has 0 spiro atoms. The summed E-state index contributed by atoms with van der Waals surface area (Å²) in [4.78, 5) is 15.0. The molecular formula is C13H17ClN2OS. The first-order valence-electron chi connectivity index (χ1n) is 6.01. The molecule has 0 bridgehead atoms. The number of thiol groups is 1. The third-order valence-electron chi connectivity index (χ3n) is 3.23. The van der Waals surface area contributed by atoms with E-state index in [1.807, 2.05) is 0 Å². The Kier molecular flexibility index (Phi) is 4.54. The fraction of sp³-hybridized carbons (Fsp3) is 0.462. The molecule has 18 heavy (non-hydrogen) atoms. The Morgan fingerprint density at radius 1 is 1.61 bits per heavy atom. The summed E-state index contributed by atoms with van der Waals surface area (Å²) in [5.74, 6) is 0.419. The summed E-state index contributed by atoms with van der Waals surface area (Å²) >= 11 is 10.2. The summed E-state index contributed by atoms with van der Waals surface area (Å²) in [6.45, 7) is 2.85. The molecule has 1 aliphatic rings. The van der Waals surface area contributed by atoms with Crippen LogP contribution in [0.3, 0.4) is 0 Å². The van der Waals surface area contributed by atoms with Gasteiger partial charge in [-0.25, -0.2) is 0 Å². The first kappa shape index (κ1) is 13.7. The van der Waals surface area contributed by atoms with Crippen LogP contribution in [0.5, 0.6) is 0 Å². The van der Waals surface area contributed by atoms with Gasteiger partial charge in [0.15, 0.2) is 0 Å². The summed E-state index contributed by atoms with van der Waals surface area (Å²) < 4.78 is 0. The van der Waals surface area contributed by atoms with Crippen molar-refractivity contribution in [2.75, 3.05) is 26.7 Å². The molecule has 1 aliphatic heterocycles. The van der Waals surface area contributed by atoms with E-state index >= 15 is 0 Å². The number of amides is 1. The van der Waals surface area contributed by atoms with Gasteiger partial charge in [0.1, 0.15) is 0 Å². The third kappa shape index (κ3) is 3.40. The molecule has 1 atom stereocenters. The molecule has 1 N–H and O–H groups in total. The summed E-state index contributed by atoms with van der Waals surface area (Å²) in [6, 6.07) is 5.16. The van der Waals surface area contributed by atoms with Gasteiger partial charge >= 0.3 is 0 Å². The minimum atomic E-state index is -0.120. The van der Waals surface area contributed by atoms with Crippen LogP contribution in [0.25, 0.3) is 0 Å². The van der Waals surface area contributed by atoms with Gasteiger partial charge in [-0.15, -0.1) is 12.6 Å². The largest absolute Gasteiger partial charge is 0.352 e. The zero-order valence-electron chi connectivity index (χ0n) is 10.3. The molecule has 0 aliphatic carbocycles. The second-order valence-corrected chi connectivity index (χ2v) is 5.71. The number of rotatable bonds is 3. The Morgan fingerprint density at radius 2 is 2.39 bits per heavy atom. The van der Waals surface area contributed by atoms with Gasteiger partial charge in [-0.3, -0.25) is 4.79 Å². The van der Waals surface area contributed by atoms with Crippen molar-refractivity contribution in [1.29, 1.82) is 0 Å². The van der Waals surface area contributed by atoms with Crippen LogP contribution in [-0.2, 0) is 0 Å². The number of hydrogen-bond acceptors (Lipinski definition) is 3. The highest BCUT2D eigenvalue weighted by Crippen LogP contribution is 2.20. The van der Waals surface area contributed by atoms with Crippen LogP contribution in [0.4, 0.5) is 0 Å². The van der Waals surface area contributed by atoms with Crippen LogP contribution in [0.15, 0.2) is 23.1 Å². The van der Waals surface area contributed by atoms with Gasteiger partial charge in [0.05, 0.1) is 10.6 Å². The van der Waals surface area contributed by atoms with Crippen molar-refractivity contribution in [2.24, 2.45) is 5.92 Å². The van der Waals surface area contributed by atoms with Crippen LogP contribution in [-0.4, -0.2) is 37.5 Å². The standard InChI is InChI=1S/C13H17ClN2OS/c1-16-5-4-9(8-16)7-15-13(17)11-6-10(18)2-3-12(11)14/h2-3,6,9,18H,4-5,7-8H2,1H3,(H,15,17). The van der Waals surface area contributed by atoms with E-state index in [1.54, 1.807) is 18.2 Å². The Labute approximate surface area is 118 Å². The van der Waals surface area contributed by atoms with E-state index in [9.17, 15) is 4.79 Å². The van der Waals surface area contributed by atoms with Gasteiger partial charge in [-0.2, -0.15) is 0 Å². The fourth-order valence-corrected chi connectivity index (χ4v) is 2.62. The molecule has 1 fully saturated rings. The summed E-state index contributed by atoms with van der Waals surface area (Å²) in [5, 5.41) is 3.41. The van der Waals surface area contributed by atoms with E-state index in [4.69, 9.17) is 11.6 Å². The average molecular weight is 285 g/mol. The highest BCUT2D eigenvalue weighted by molar-refractivity contribution is 7.80. The third-order valence-corrected chi connectivity index (χ3v) is 3.84. The van der Waals surface area contributed by atoms with Crippen LogP contribution in [0.1, 0.15) is 16.8 Å². The molecule has 2 rings (SSSR count). The van der Waals surface area contributed by atoms with E-state index in [0.29, 0.717) is 23.0 Å². The molecule has 3 nitrogen and oxygen atoms in total. The van der Waals surface area contributed by atoms with Gasteiger partial charge in [0, 0.05) is 18.0 Å². The number of likely N-dealkylation sites (tertiary alicyclic amines) is 1. The normalized spacial score (nSPS) is 20.1. The summed E-state index contributed by atoms with van der Waals surface area (Å²) in [7, 11) is 2.10. The Morgan fingerprint density at radius 3 is 3.06 bits per heavy atom. The molecule has 1 aromatic rings. The first-order chi connectivity index (χ1) is 8.56. The molecule has 0 radical (unpaired) electrons. The smallest absolute Gasteiger partial charge is 0.252 e. The zero-order valence-corrected chi connectivity index (χ0v) is 12.0. The van der Waals surface area contributed by atoms with Crippen molar-refractivity contribution in [3.05, 3.63) is 28.8 Å². The predicted molar refractivity (Wildman–Crippen MR) is 76.6 cm³/mol. The Bertz CT molecular complexity index is 453. The quantitative estimate of drug-likeness (QED) is 0.835. The number of nitrogens with zero attached hydrogens (tertiary/aromatic N) is 1. The van der Waals surface area contributed by atoms with Gasteiger partial charge < -0.3 is 10.2 Å². The number of halogens is 1. The number of nitrogens with one attached hydrogen (secondary N) is 1. The zero-order chi connectivity index (χ0) is 13.1. The Balaban J connectivity index is 1.93.